The molecule has 0 saturated carbocycles. The molecule has 5 rings (SSSR count). The van der Waals surface area contributed by atoms with Crippen LogP contribution in [0.15, 0.2) is 48.5 Å². The highest BCUT2D eigenvalue weighted by molar-refractivity contribution is 7.15. The fraction of sp³-hybridized carbons (Fsp3) is 0.357. The standard InChI is InChI=1S/C28H30F2N4O2S/c1-17(31-27-21-13-23(35-3)24(36-4)14-22(21)32-18(2)33-27)25-9-10-26(37-25)20-8-6-5-7-19(20)15-34-12-11-28(29,30)16-34/h5-10,13-14,17H,11-12,15-16H2,1-4H3,(H,31,32,33). The third-order valence-corrected chi connectivity index (χ3v) is 7.95. The first-order chi connectivity index (χ1) is 17.8. The van der Waals surface area contributed by atoms with E-state index in [9.17, 15) is 8.78 Å². The van der Waals surface area contributed by atoms with Gasteiger partial charge in [0.05, 0.1) is 32.3 Å². The average Bonchev–Trinajstić information content (AvgIpc) is 3.50. The lowest BCUT2D eigenvalue weighted by Crippen LogP contribution is -2.25. The van der Waals surface area contributed by atoms with Gasteiger partial charge in [0, 0.05) is 40.7 Å². The molecule has 1 fully saturated rings. The van der Waals surface area contributed by atoms with Crippen LogP contribution in [-0.2, 0) is 6.54 Å². The van der Waals surface area contributed by atoms with Crippen LogP contribution in [0.3, 0.4) is 0 Å². The highest BCUT2D eigenvalue weighted by Gasteiger charge is 2.38. The van der Waals surface area contributed by atoms with Crippen LogP contribution in [0.1, 0.15) is 35.7 Å². The second-order valence-corrected chi connectivity index (χ2v) is 10.5. The number of anilines is 1. The summed E-state index contributed by atoms with van der Waals surface area (Å²) in [7, 11) is 3.21. The highest BCUT2D eigenvalue weighted by Crippen LogP contribution is 2.38. The topological polar surface area (TPSA) is 59.5 Å². The molecule has 4 aromatic rings. The van der Waals surface area contributed by atoms with E-state index in [0.717, 1.165) is 37.6 Å². The molecule has 0 radical (unpaired) electrons. The molecule has 9 heteroatoms. The first-order valence-corrected chi connectivity index (χ1v) is 13.0. The van der Waals surface area contributed by atoms with Crippen LogP contribution in [0.2, 0.25) is 0 Å². The third kappa shape index (κ3) is 5.38. The molecule has 1 aliphatic rings. The Morgan fingerprint density at radius 3 is 2.57 bits per heavy atom. The van der Waals surface area contributed by atoms with Gasteiger partial charge in [-0.2, -0.15) is 0 Å². The number of benzene rings is 2. The van der Waals surface area contributed by atoms with E-state index in [-0.39, 0.29) is 19.0 Å². The number of rotatable bonds is 8. The number of fused-ring (bicyclic) bond motifs is 1. The number of thiophene rings is 1. The van der Waals surface area contributed by atoms with Gasteiger partial charge >= 0.3 is 0 Å². The fourth-order valence-corrected chi connectivity index (χ4v) is 5.84. The number of aromatic nitrogens is 2. The van der Waals surface area contributed by atoms with E-state index in [4.69, 9.17) is 9.47 Å². The number of halogens is 2. The summed E-state index contributed by atoms with van der Waals surface area (Å²) < 4.78 is 38.4. The minimum Gasteiger partial charge on any atom is -0.493 e. The van der Waals surface area contributed by atoms with Crippen LogP contribution in [0.5, 0.6) is 11.5 Å². The zero-order chi connectivity index (χ0) is 26.2. The van der Waals surface area contributed by atoms with E-state index in [0.29, 0.717) is 30.4 Å². The summed E-state index contributed by atoms with van der Waals surface area (Å²) >= 11 is 1.69. The minimum absolute atomic E-state index is 0.0196. The number of aryl methyl sites for hydroxylation is 1. The van der Waals surface area contributed by atoms with Gasteiger partial charge in [-0.3, -0.25) is 4.90 Å². The minimum atomic E-state index is -2.59. The van der Waals surface area contributed by atoms with Gasteiger partial charge in [-0.15, -0.1) is 11.3 Å². The Morgan fingerprint density at radius 1 is 1.08 bits per heavy atom. The quantitative estimate of drug-likeness (QED) is 0.277. The Hall–Kier alpha value is -3.30. The van der Waals surface area contributed by atoms with E-state index >= 15 is 0 Å². The van der Waals surface area contributed by atoms with Crippen LogP contribution in [0.4, 0.5) is 14.6 Å². The van der Waals surface area contributed by atoms with Crippen LogP contribution >= 0.6 is 11.3 Å². The second kappa shape index (κ2) is 10.2. The van der Waals surface area contributed by atoms with Crippen molar-refractivity contribution in [2.45, 2.75) is 38.8 Å². The van der Waals surface area contributed by atoms with Crippen LogP contribution in [0, 0.1) is 6.92 Å². The average molecular weight is 525 g/mol. The summed E-state index contributed by atoms with van der Waals surface area (Å²) in [6.45, 7) is 4.71. The number of likely N-dealkylation sites (tertiary alicyclic amines) is 1. The van der Waals surface area contributed by atoms with Gasteiger partial charge in [-0.25, -0.2) is 18.7 Å². The largest absolute Gasteiger partial charge is 0.493 e. The zero-order valence-electron chi connectivity index (χ0n) is 21.3. The molecule has 0 bridgehead atoms. The zero-order valence-corrected chi connectivity index (χ0v) is 22.2. The highest BCUT2D eigenvalue weighted by atomic mass is 32.1. The summed E-state index contributed by atoms with van der Waals surface area (Å²) in [6.07, 6.45) is -0.0721. The van der Waals surface area contributed by atoms with Gasteiger partial charge in [-0.05, 0) is 43.2 Å². The van der Waals surface area contributed by atoms with E-state index in [1.165, 1.54) is 0 Å². The Balaban J connectivity index is 1.40. The van der Waals surface area contributed by atoms with Crippen molar-refractivity contribution in [2.24, 2.45) is 0 Å². The number of methoxy groups -OCH3 is 2. The van der Waals surface area contributed by atoms with Crippen LogP contribution in [-0.4, -0.2) is 48.1 Å². The molecule has 1 atom stereocenters. The Morgan fingerprint density at radius 2 is 1.84 bits per heavy atom. The maximum atomic E-state index is 13.7. The number of nitrogens with one attached hydrogen (secondary N) is 1. The van der Waals surface area contributed by atoms with Crippen molar-refractivity contribution in [3.63, 3.8) is 0 Å². The Labute approximate surface area is 219 Å². The smallest absolute Gasteiger partial charge is 0.261 e. The molecule has 3 heterocycles. The van der Waals surface area contributed by atoms with Crippen molar-refractivity contribution in [3.8, 4) is 21.9 Å². The van der Waals surface area contributed by atoms with Crippen molar-refractivity contribution in [1.82, 2.24) is 14.9 Å². The Kier molecular flexibility index (Phi) is 7.00. The predicted molar refractivity (Wildman–Crippen MR) is 144 cm³/mol. The van der Waals surface area contributed by atoms with E-state index < -0.39 is 5.92 Å². The SMILES string of the molecule is COc1cc2nc(C)nc(NC(C)c3ccc(-c4ccccc4CN4CCC(F)(F)C4)s3)c2cc1OC. The maximum absolute atomic E-state index is 13.7. The summed E-state index contributed by atoms with van der Waals surface area (Å²) in [6, 6.07) is 16.0. The number of hydrogen-bond donors (Lipinski definition) is 1. The summed E-state index contributed by atoms with van der Waals surface area (Å²) in [5, 5.41) is 4.40. The summed E-state index contributed by atoms with van der Waals surface area (Å²) in [4.78, 5) is 13.3. The summed E-state index contributed by atoms with van der Waals surface area (Å²) in [5.74, 6) is 0.0179. The van der Waals surface area contributed by atoms with Crippen LogP contribution < -0.4 is 14.8 Å². The molecule has 0 aliphatic carbocycles. The molecule has 1 saturated heterocycles. The second-order valence-electron chi connectivity index (χ2n) is 9.39. The molecule has 6 nitrogen and oxygen atoms in total. The molecule has 0 amide bonds. The lowest BCUT2D eigenvalue weighted by atomic mass is 10.1. The van der Waals surface area contributed by atoms with Gasteiger partial charge in [-0.1, -0.05) is 24.3 Å². The molecule has 0 spiro atoms. The lowest BCUT2D eigenvalue weighted by Gasteiger charge is -2.18. The molecular formula is C28H30F2N4O2S. The van der Waals surface area contributed by atoms with E-state index in [1.54, 1.807) is 25.6 Å². The Bertz CT molecular complexity index is 1420. The van der Waals surface area contributed by atoms with Crippen molar-refractivity contribution in [2.75, 3.05) is 32.6 Å². The molecule has 2 aromatic heterocycles. The normalized spacial score (nSPS) is 16.2. The third-order valence-electron chi connectivity index (χ3n) is 6.65. The van der Waals surface area contributed by atoms with Gasteiger partial charge in [0.1, 0.15) is 11.6 Å². The number of nitrogens with zero attached hydrogens (tertiary/aromatic N) is 3. The molecule has 1 unspecified atom stereocenters. The predicted octanol–water partition coefficient (Wildman–Crippen LogP) is 6.70. The maximum Gasteiger partial charge on any atom is 0.261 e. The molecule has 1 aliphatic heterocycles. The number of hydrogen-bond acceptors (Lipinski definition) is 7. The lowest BCUT2D eigenvalue weighted by molar-refractivity contribution is 0.0115. The van der Waals surface area contributed by atoms with E-state index in [1.807, 2.05) is 42.2 Å². The molecule has 194 valence electrons. The molecular weight excluding hydrogens is 494 g/mol. The van der Waals surface area contributed by atoms with Gasteiger partial charge in [0.15, 0.2) is 11.5 Å². The van der Waals surface area contributed by atoms with Crippen molar-refractivity contribution >= 4 is 28.1 Å². The van der Waals surface area contributed by atoms with Gasteiger partial charge < -0.3 is 14.8 Å². The van der Waals surface area contributed by atoms with Crippen LogP contribution in [0.25, 0.3) is 21.3 Å². The van der Waals surface area contributed by atoms with E-state index in [2.05, 4.69) is 40.4 Å². The fourth-order valence-electron chi connectivity index (χ4n) is 4.77. The number of ether oxygens (including phenoxy) is 2. The van der Waals surface area contributed by atoms with Crippen molar-refractivity contribution in [3.05, 3.63) is 64.8 Å². The number of alkyl halides is 2. The molecule has 37 heavy (non-hydrogen) atoms. The first kappa shape index (κ1) is 25.4. The summed E-state index contributed by atoms with van der Waals surface area (Å²) in [5.41, 5.74) is 2.92. The van der Waals surface area contributed by atoms with Crippen molar-refractivity contribution < 1.29 is 18.3 Å². The van der Waals surface area contributed by atoms with Gasteiger partial charge in [0.2, 0.25) is 0 Å². The van der Waals surface area contributed by atoms with Gasteiger partial charge in [0.25, 0.3) is 5.92 Å². The van der Waals surface area contributed by atoms with Crippen molar-refractivity contribution in [1.29, 1.82) is 0 Å². The molecule has 2 aromatic carbocycles. The first-order valence-electron chi connectivity index (χ1n) is 12.2. The monoisotopic (exact) mass is 524 g/mol. The molecule has 1 N–H and O–H groups in total.